The molecule has 3 heterocycles. The van der Waals surface area contributed by atoms with Gasteiger partial charge in [-0.2, -0.15) is 10.4 Å². The Balaban J connectivity index is 1.53. The molecule has 0 spiro atoms. The molecule has 2 atom stereocenters. The zero-order chi connectivity index (χ0) is 20.3. The monoisotopic (exact) mass is 382 g/mol. The van der Waals surface area contributed by atoms with Crippen LogP contribution in [0.4, 0.5) is 0 Å². The maximum Gasteiger partial charge on any atom is 0.220 e. The second-order valence-electron chi connectivity index (χ2n) is 8.22. The molecule has 7 heteroatoms. The highest BCUT2D eigenvalue weighted by Crippen LogP contribution is 2.20. The largest absolute Gasteiger partial charge is 0.355 e. The molecule has 1 aliphatic heterocycles. The summed E-state index contributed by atoms with van der Waals surface area (Å²) in [6.07, 6.45) is 3.87. The van der Waals surface area contributed by atoms with Crippen LogP contribution in [0.3, 0.4) is 0 Å². The maximum atomic E-state index is 12.3. The molecular weight excluding hydrogens is 352 g/mol. The fourth-order valence-corrected chi connectivity index (χ4v) is 4.41. The highest BCUT2D eigenvalue weighted by molar-refractivity contribution is 5.76. The van der Waals surface area contributed by atoms with Crippen molar-refractivity contribution in [1.82, 2.24) is 24.8 Å². The molecular formula is C21H30N6O. The molecule has 1 aliphatic rings. The number of amides is 1. The molecule has 1 fully saturated rings. The number of fused-ring (bicyclic) bond motifs is 1. The fourth-order valence-electron chi connectivity index (χ4n) is 4.41. The number of hydrogen-bond donors (Lipinski definition) is 1. The van der Waals surface area contributed by atoms with Crippen molar-refractivity contribution < 1.29 is 4.79 Å². The van der Waals surface area contributed by atoms with E-state index in [0.29, 0.717) is 30.6 Å². The van der Waals surface area contributed by atoms with E-state index in [9.17, 15) is 4.79 Å². The van der Waals surface area contributed by atoms with Crippen molar-refractivity contribution in [3.8, 4) is 6.07 Å². The quantitative estimate of drug-likeness (QED) is 0.828. The number of hydrogen-bond acceptors (Lipinski definition) is 5. The molecule has 150 valence electrons. The lowest BCUT2D eigenvalue weighted by atomic mass is 9.92. The molecule has 1 amide bonds. The van der Waals surface area contributed by atoms with Crippen LogP contribution in [0, 0.1) is 37.0 Å². The first-order valence-electron chi connectivity index (χ1n) is 10.1. The summed E-state index contributed by atoms with van der Waals surface area (Å²) in [5, 5.41) is 16.5. The zero-order valence-electron chi connectivity index (χ0n) is 17.3. The van der Waals surface area contributed by atoms with Crippen LogP contribution >= 0.6 is 0 Å². The molecule has 3 rings (SSSR count). The summed E-state index contributed by atoms with van der Waals surface area (Å²) in [6.45, 7) is 12.3. The van der Waals surface area contributed by atoms with Gasteiger partial charge in [-0.15, -0.1) is 0 Å². The third-order valence-electron chi connectivity index (χ3n) is 5.63. The van der Waals surface area contributed by atoms with Crippen LogP contribution in [-0.2, 0) is 11.2 Å². The Bertz CT molecular complexity index is 886. The molecule has 0 radical (unpaired) electrons. The van der Waals surface area contributed by atoms with E-state index >= 15 is 0 Å². The number of nitriles is 1. The number of aryl methyl sites for hydroxylation is 2. The van der Waals surface area contributed by atoms with Crippen LogP contribution < -0.4 is 5.32 Å². The Labute approximate surface area is 166 Å². The smallest absolute Gasteiger partial charge is 0.220 e. The minimum Gasteiger partial charge on any atom is -0.355 e. The number of piperidine rings is 1. The maximum absolute atomic E-state index is 12.3. The first-order chi connectivity index (χ1) is 13.4. The molecule has 2 unspecified atom stereocenters. The molecule has 7 nitrogen and oxygen atoms in total. The summed E-state index contributed by atoms with van der Waals surface area (Å²) in [7, 11) is 0. The number of aromatic nitrogens is 3. The van der Waals surface area contributed by atoms with Crippen molar-refractivity contribution in [3.05, 3.63) is 28.7 Å². The van der Waals surface area contributed by atoms with E-state index in [2.05, 4.69) is 40.2 Å². The van der Waals surface area contributed by atoms with Crippen LogP contribution in [0.25, 0.3) is 5.65 Å². The second kappa shape index (κ2) is 8.70. The molecule has 2 aromatic rings. The summed E-state index contributed by atoms with van der Waals surface area (Å²) >= 11 is 0. The lowest BCUT2D eigenvalue weighted by Gasteiger charge is -2.34. The summed E-state index contributed by atoms with van der Waals surface area (Å²) in [5.74, 6) is 1.53. The van der Waals surface area contributed by atoms with E-state index in [-0.39, 0.29) is 5.91 Å². The van der Waals surface area contributed by atoms with Gasteiger partial charge in [0.15, 0.2) is 5.65 Å². The average Bonchev–Trinajstić information content (AvgIpc) is 3.03. The number of nitrogens with zero attached hydrogens (tertiary/aromatic N) is 5. The van der Waals surface area contributed by atoms with E-state index < -0.39 is 0 Å². The van der Waals surface area contributed by atoms with E-state index in [4.69, 9.17) is 5.26 Å². The van der Waals surface area contributed by atoms with Crippen molar-refractivity contribution in [3.63, 3.8) is 0 Å². The van der Waals surface area contributed by atoms with E-state index in [1.165, 1.54) is 12.6 Å². The van der Waals surface area contributed by atoms with Gasteiger partial charge < -0.3 is 10.2 Å². The van der Waals surface area contributed by atoms with Crippen molar-refractivity contribution in [1.29, 1.82) is 5.26 Å². The van der Waals surface area contributed by atoms with Crippen LogP contribution in [-0.4, -0.2) is 51.6 Å². The zero-order valence-corrected chi connectivity index (χ0v) is 17.3. The van der Waals surface area contributed by atoms with E-state index in [1.54, 1.807) is 4.52 Å². The third-order valence-corrected chi connectivity index (χ3v) is 5.63. The molecule has 2 aromatic heterocycles. The van der Waals surface area contributed by atoms with Gasteiger partial charge in [-0.1, -0.05) is 13.8 Å². The van der Waals surface area contributed by atoms with Crippen molar-refractivity contribution in [2.24, 2.45) is 11.8 Å². The topological polar surface area (TPSA) is 86.3 Å². The fraction of sp³-hybridized carbons (Fsp3) is 0.619. The highest BCUT2D eigenvalue weighted by Gasteiger charge is 2.21. The van der Waals surface area contributed by atoms with Crippen molar-refractivity contribution in [2.45, 2.75) is 47.0 Å². The van der Waals surface area contributed by atoms with E-state index in [1.807, 2.05) is 13.8 Å². The van der Waals surface area contributed by atoms with Gasteiger partial charge in [0.1, 0.15) is 11.6 Å². The predicted octanol–water partition coefficient (Wildman–Crippen LogP) is 2.24. The van der Waals surface area contributed by atoms with Crippen LogP contribution in [0.1, 0.15) is 49.2 Å². The molecule has 0 saturated carbocycles. The minimum atomic E-state index is 0.0650. The van der Waals surface area contributed by atoms with Gasteiger partial charge in [-0.3, -0.25) is 4.79 Å². The number of carbonyl (C=O) groups excluding carboxylic acids is 1. The van der Waals surface area contributed by atoms with Gasteiger partial charge >= 0.3 is 0 Å². The number of carbonyl (C=O) groups is 1. The van der Waals surface area contributed by atoms with Gasteiger partial charge in [0, 0.05) is 44.0 Å². The van der Waals surface area contributed by atoms with Gasteiger partial charge in [0.2, 0.25) is 5.91 Å². The molecule has 28 heavy (non-hydrogen) atoms. The number of likely N-dealkylation sites (tertiary alicyclic amines) is 1. The van der Waals surface area contributed by atoms with Crippen molar-refractivity contribution in [2.75, 3.05) is 26.2 Å². The molecule has 0 aliphatic carbocycles. The summed E-state index contributed by atoms with van der Waals surface area (Å²) < 4.78 is 1.69. The van der Waals surface area contributed by atoms with Gasteiger partial charge in [-0.25, -0.2) is 9.50 Å². The molecule has 1 saturated heterocycles. The Morgan fingerprint density at radius 3 is 2.71 bits per heavy atom. The molecule has 0 aromatic carbocycles. The normalized spacial score (nSPS) is 20.2. The van der Waals surface area contributed by atoms with Gasteiger partial charge in [-0.05, 0) is 44.1 Å². The Morgan fingerprint density at radius 1 is 1.32 bits per heavy atom. The first-order valence-corrected chi connectivity index (χ1v) is 10.1. The summed E-state index contributed by atoms with van der Waals surface area (Å²) in [4.78, 5) is 19.3. The average molecular weight is 383 g/mol. The third kappa shape index (κ3) is 4.50. The Hall–Kier alpha value is -2.46. The molecule has 0 bridgehead atoms. The van der Waals surface area contributed by atoms with Crippen LogP contribution in [0.15, 0.2) is 6.20 Å². The lowest BCUT2D eigenvalue weighted by Crippen LogP contribution is -2.42. The Kier molecular flexibility index (Phi) is 6.30. The van der Waals surface area contributed by atoms with Gasteiger partial charge in [0.25, 0.3) is 0 Å². The van der Waals surface area contributed by atoms with Crippen molar-refractivity contribution >= 4 is 11.6 Å². The first kappa shape index (κ1) is 20.3. The van der Waals surface area contributed by atoms with Crippen LogP contribution in [0.5, 0.6) is 0 Å². The minimum absolute atomic E-state index is 0.0650. The highest BCUT2D eigenvalue weighted by atomic mass is 16.1. The SMILES string of the molecule is Cc1nc2c(C#N)cnn2c(C)c1CCC(=O)NCCN1CC(C)CC(C)C1. The summed E-state index contributed by atoms with van der Waals surface area (Å²) in [5.41, 5.74) is 3.86. The van der Waals surface area contributed by atoms with Gasteiger partial charge in [0.05, 0.1) is 6.20 Å². The molecule has 1 N–H and O–H groups in total. The number of rotatable bonds is 6. The Morgan fingerprint density at radius 2 is 2.04 bits per heavy atom. The standard InChI is InChI=1S/C21H30N6O/c1-14-9-15(2)13-26(12-14)8-7-23-20(28)6-5-19-16(3)25-21-18(10-22)11-24-27(21)17(19)4/h11,14-15H,5-9,12-13H2,1-4H3,(H,23,28). The number of nitrogens with one attached hydrogen (secondary N) is 1. The lowest BCUT2D eigenvalue weighted by molar-refractivity contribution is -0.121. The van der Waals surface area contributed by atoms with E-state index in [0.717, 1.165) is 48.4 Å². The predicted molar refractivity (Wildman–Crippen MR) is 108 cm³/mol. The van der Waals surface area contributed by atoms with Crippen LogP contribution in [0.2, 0.25) is 0 Å². The second-order valence-corrected chi connectivity index (χ2v) is 8.22. The summed E-state index contributed by atoms with van der Waals surface area (Å²) in [6, 6.07) is 2.12.